The van der Waals surface area contributed by atoms with Gasteiger partial charge in [0.1, 0.15) is 10.7 Å². The molecule has 3 rings (SSSR count). The number of rotatable bonds is 7. The van der Waals surface area contributed by atoms with Gasteiger partial charge in [0, 0.05) is 43.8 Å². The van der Waals surface area contributed by atoms with Gasteiger partial charge in [-0.3, -0.25) is 14.3 Å². The summed E-state index contributed by atoms with van der Waals surface area (Å²) >= 11 is 1.40. The van der Waals surface area contributed by atoms with Crippen molar-refractivity contribution in [2.24, 2.45) is 18.9 Å². The Morgan fingerprint density at radius 2 is 2.11 bits per heavy atom. The molecule has 152 valence electrons. The number of carbonyl (C=O) groups excluding carboxylic acids is 2. The van der Waals surface area contributed by atoms with E-state index in [9.17, 15) is 9.59 Å². The molecule has 0 unspecified atom stereocenters. The van der Waals surface area contributed by atoms with E-state index in [1.54, 1.807) is 29.4 Å². The number of hydrogen-bond acceptors (Lipinski definition) is 6. The van der Waals surface area contributed by atoms with Crippen LogP contribution in [0.15, 0.2) is 17.6 Å². The molecule has 1 saturated heterocycles. The molecule has 0 spiro atoms. The molecular formula is C19H27N5O3S. The third-order valence-corrected chi connectivity index (χ3v) is 5.58. The van der Waals surface area contributed by atoms with Gasteiger partial charge in [-0.15, -0.1) is 11.3 Å². The summed E-state index contributed by atoms with van der Waals surface area (Å²) in [5.41, 5.74) is 0.333. The van der Waals surface area contributed by atoms with E-state index in [-0.39, 0.29) is 23.8 Å². The minimum atomic E-state index is -0.305. The highest BCUT2D eigenvalue weighted by Crippen LogP contribution is 2.26. The summed E-state index contributed by atoms with van der Waals surface area (Å²) in [5.74, 6) is 0.586. The number of anilines is 1. The van der Waals surface area contributed by atoms with E-state index in [2.05, 4.69) is 34.6 Å². The van der Waals surface area contributed by atoms with Crippen LogP contribution in [-0.4, -0.2) is 39.8 Å². The van der Waals surface area contributed by atoms with Crippen LogP contribution in [-0.2, 0) is 16.6 Å². The molecule has 8 nitrogen and oxygen atoms in total. The predicted octanol–water partition coefficient (Wildman–Crippen LogP) is 2.76. The van der Waals surface area contributed by atoms with Crippen molar-refractivity contribution in [1.29, 1.82) is 0 Å². The maximum atomic E-state index is 12.7. The number of aromatic nitrogens is 3. The predicted molar refractivity (Wildman–Crippen MR) is 107 cm³/mol. The van der Waals surface area contributed by atoms with Gasteiger partial charge in [0.2, 0.25) is 5.91 Å². The average Bonchev–Trinajstić information content (AvgIpc) is 3.31. The van der Waals surface area contributed by atoms with E-state index in [4.69, 9.17) is 4.74 Å². The Kier molecular flexibility index (Phi) is 6.79. The SMILES string of the molecule is CC(C)C[C@@H](NC(=O)C1CCOCC1)c1nc(C(=O)Nc2ccn(C)n2)cs1. The maximum Gasteiger partial charge on any atom is 0.276 e. The second kappa shape index (κ2) is 9.29. The molecule has 3 heterocycles. The molecule has 1 fully saturated rings. The number of aryl methyl sites for hydroxylation is 1. The molecule has 0 saturated carbocycles. The minimum Gasteiger partial charge on any atom is -0.381 e. The number of nitrogens with zero attached hydrogens (tertiary/aromatic N) is 3. The average molecular weight is 406 g/mol. The van der Waals surface area contributed by atoms with Gasteiger partial charge in [-0.05, 0) is 25.2 Å². The summed E-state index contributed by atoms with van der Waals surface area (Å²) in [5, 5.41) is 12.5. The van der Waals surface area contributed by atoms with Crippen molar-refractivity contribution in [1.82, 2.24) is 20.1 Å². The van der Waals surface area contributed by atoms with Crippen LogP contribution in [0.5, 0.6) is 0 Å². The monoisotopic (exact) mass is 405 g/mol. The Hall–Kier alpha value is -2.26. The van der Waals surface area contributed by atoms with E-state index in [1.165, 1.54) is 11.3 Å². The van der Waals surface area contributed by atoms with E-state index in [1.807, 2.05) is 0 Å². The van der Waals surface area contributed by atoms with Gasteiger partial charge in [0.25, 0.3) is 5.91 Å². The molecule has 1 atom stereocenters. The van der Waals surface area contributed by atoms with Gasteiger partial charge in [0.05, 0.1) is 6.04 Å². The van der Waals surface area contributed by atoms with Crippen LogP contribution >= 0.6 is 11.3 Å². The summed E-state index contributed by atoms with van der Waals surface area (Å²) < 4.78 is 6.96. The van der Waals surface area contributed by atoms with Crippen LogP contribution in [0.2, 0.25) is 0 Å². The first kappa shape index (κ1) is 20.5. The summed E-state index contributed by atoms with van der Waals surface area (Å²) in [6.07, 6.45) is 4.02. The lowest BCUT2D eigenvalue weighted by Crippen LogP contribution is -2.37. The first-order chi connectivity index (χ1) is 13.4. The lowest BCUT2D eigenvalue weighted by atomic mass is 9.97. The molecule has 2 aromatic rings. The molecule has 2 N–H and O–H groups in total. The molecule has 9 heteroatoms. The molecule has 2 amide bonds. The van der Waals surface area contributed by atoms with Crippen LogP contribution in [0.4, 0.5) is 5.82 Å². The second-order valence-electron chi connectivity index (χ2n) is 7.48. The van der Waals surface area contributed by atoms with Gasteiger partial charge >= 0.3 is 0 Å². The first-order valence-electron chi connectivity index (χ1n) is 9.57. The molecule has 0 radical (unpaired) electrons. The van der Waals surface area contributed by atoms with Gasteiger partial charge in [-0.2, -0.15) is 5.10 Å². The highest BCUT2D eigenvalue weighted by molar-refractivity contribution is 7.10. The summed E-state index contributed by atoms with van der Waals surface area (Å²) in [4.78, 5) is 29.6. The second-order valence-corrected chi connectivity index (χ2v) is 8.37. The first-order valence-corrected chi connectivity index (χ1v) is 10.4. The number of amides is 2. The summed E-state index contributed by atoms with van der Waals surface area (Å²) in [6.45, 7) is 5.47. The Labute approximate surface area is 168 Å². The largest absolute Gasteiger partial charge is 0.381 e. The highest BCUT2D eigenvalue weighted by atomic mass is 32.1. The number of hydrogen-bond donors (Lipinski definition) is 2. The van der Waals surface area contributed by atoms with E-state index < -0.39 is 0 Å². The van der Waals surface area contributed by atoms with Crippen LogP contribution in [0.3, 0.4) is 0 Å². The summed E-state index contributed by atoms with van der Waals surface area (Å²) in [6, 6.07) is 1.53. The topological polar surface area (TPSA) is 98.1 Å². The zero-order valence-corrected chi connectivity index (χ0v) is 17.3. The molecule has 28 heavy (non-hydrogen) atoms. The molecule has 1 aliphatic heterocycles. The molecular weight excluding hydrogens is 378 g/mol. The van der Waals surface area contributed by atoms with Crippen LogP contribution in [0.25, 0.3) is 0 Å². The van der Waals surface area contributed by atoms with Crippen molar-refractivity contribution >= 4 is 29.0 Å². The number of ether oxygens (including phenoxy) is 1. The van der Waals surface area contributed by atoms with Crippen molar-refractivity contribution in [3.63, 3.8) is 0 Å². The van der Waals surface area contributed by atoms with Crippen molar-refractivity contribution in [3.05, 3.63) is 28.3 Å². The van der Waals surface area contributed by atoms with Crippen molar-refractivity contribution in [2.45, 2.75) is 39.2 Å². The van der Waals surface area contributed by atoms with Crippen LogP contribution in [0, 0.1) is 11.8 Å². The fourth-order valence-corrected chi connectivity index (χ4v) is 4.02. The smallest absolute Gasteiger partial charge is 0.276 e. The van der Waals surface area contributed by atoms with Gasteiger partial charge in [-0.25, -0.2) is 4.98 Å². The van der Waals surface area contributed by atoms with Gasteiger partial charge in [-0.1, -0.05) is 13.8 Å². The number of carbonyl (C=O) groups is 2. The zero-order valence-electron chi connectivity index (χ0n) is 16.5. The maximum absolute atomic E-state index is 12.7. The normalized spacial score (nSPS) is 16.1. The van der Waals surface area contributed by atoms with Crippen molar-refractivity contribution in [2.75, 3.05) is 18.5 Å². The van der Waals surface area contributed by atoms with E-state index in [0.717, 1.165) is 24.3 Å². The Morgan fingerprint density at radius 3 is 2.75 bits per heavy atom. The standard InChI is InChI=1S/C19H27N5O3S/c1-12(2)10-14(20-17(25)13-5-8-27-9-6-13)19-21-15(11-28-19)18(26)22-16-4-7-24(3)23-16/h4,7,11-14H,5-6,8-10H2,1-3H3,(H,20,25)(H,22,23,26)/t14-/m1/s1. The molecule has 1 aliphatic rings. The minimum absolute atomic E-state index is 0.0182. The fraction of sp³-hybridized carbons (Fsp3) is 0.579. The Bertz CT molecular complexity index is 810. The lowest BCUT2D eigenvalue weighted by molar-refractivity contribution is -0.128. The highest BCUT2D eigenvalue weighted by Gasteiger charge is 2.26. The van der Waals surface area contributed by atoms with E-state index >= 15 is 0 Å². The fourth-order valence-electron chi connectivity index (χ4n) is 3.16. The number of nitrogens with one attached hydrogen (secondary N) is 2. The third kappa shape index (κ3) is 5.39. The van der Waals surface area contributed by atoms with Gasteiger partial charge in [0.15, 0.2) is 5.82 Å². The van der Waals surface area contributed by atoms with Crippen LogP contribution < -0.4 is 10.6 Å². The Morgan fingerprint density at radius 1 is 1.36 bits per heavy atom. The van der Waals surface area contributed by atoms with Crippen molar-refractivity contribution < 1.29 is 14.3 Å². The van der Waals surface area contributed by atoms with Crippen LogP contribution in [0.1, 0.15) is 54.6 Å². The van der Waals surface area contributed by atoms with E-state index in [0.29, 0.717) is 30.6 Å². The number of thiazole rings is 1. The quantitative estimate of drug-likeness (QED) is 0.738. The molecule has 2 aromatic heterocycles. The zero-order chi connectivity index (χ0) is 20.1. The summed E-state index contributed by atoms with van der Waals surface area (Å²) in [7, 11) is 1.79. The van der Waals surface area contributed by atoms with Crippen molar-refractivity contribution in [3.8, 4) is 0 Å². The molecule has 0 aliphatic carbocycles. The lowest BCUT2D eigenvalue weighted by Gasteiger charge is -2.25. The molecule has 0 bridgehead atoms. The Balaban J connectivity index is 1.68. The third-order valence-electron chi connectivity index (χ3n) is 4.62. The van der Waals surface area contributed by atoms with Gasteiger partial charge < -0.3 is 15.4 Å². The molecule has 0 aromatic carbocycles.